The number of carbonyl (C=O) groups is 2. The SMILES string of the molecule is CCOC(=O)C1=C(C)NC(C)=C(C(=O)OCC)C1c1ccccc1/C=C/c1ccccc1. The lowest BCUT2D eigenvalue weighted by molar-refractivity contribution is -0.139. The Morgan fingerprint density at radius 1 is 0.812 bits per heavy atom. The van der Waals surface area contributed by atoms with E-state index in [4.69, 9.17) is 9.47 Å². The van der Waals surface area contributed by atoms with Gasteiger partial charge in [-0.05, 0) is 44.4 Å². The summed E-state index contributed by atoms with van der Waals surface area (Å²) in [6, 6.07) is 17.7. The third kappa shape index (κ3) is 4.99. The monoisotopic (exact) mass is 431 g/mol. The molecule has 166 valence electrons. The molecule has 0 saturated heterocycles. The first-order valence-electron chi connectivity index (χ1n) is 10.8. The molecule has 2 aromatic carbocycles. The molecule has 0 aromatic heterocycles. The summed E-state index contributed by atoms with van der Waals surface area (Å²) in [5.41, 5.74) is 4.98. The standard InChI is InChI=1S/C27H29NO4/c1-5-31-26(29)23-18(3)28-19(4)24(27(30)32-6-2)25(23)22-15-11-10-14-21(22)17-16-20-12-8-7-9-13-20/h7-17,25,28H,5-6H2,1-4H3/b17-16+. The van der Waals surface area contributed by atoms with Gasteiger partial charge in [-0.15, -0.1) is 0 Å². The third-order valence-corrected chi connectivity index (χ3v) is 5.31. The molecule has 0 radical (unpaired) electrons. The Bertz CT molecular complexity index is 1040. The van der Waals surface area contributed by atoms with Gasteiger partial charge in [-0.1, -0.05) is 66.7 Å². The Kier molecular flexibility index (Phi) is 7.66. The summed E-state index contributed by atoms with van der Waals surface area (Å²) in [6.07, 6.45) is 4.02. The smallest absolute Gasteiger partial charge is 0.336 e. The highest BCUT2D eigenvalue weighted by Crippen LogP contribution is 2.41. The number of rotatable bonds is 7. The first-order valence-corrected chi connectivity index (χ1v) is 10.8. The normalized spacial score (nSPS) is 14.5. The van der Waals surface area contributed by atoms with Crippen LogP contribution in [0.4, 0.5) is 0 Å². The van der Waals surface area contributed by atoms with E-state index < -0.39 is 17.9 Å². The molecule has 3 rings (SSSR count). The van der Waals surface area contributed by atoms with Crippen LogP contribution in [0, 0.1) is 0 Å². The van der Waals surface area contributed by atoms with Gasteiger partial charge in [-0.3, -0.25) is 0 Å². The minimum absolute atomic E-state index is 0.245. The Morgan fingerprint density at radius 3 is 1.91 bits per heavy atom. The van der Waals surface area contributed by atoms with Crippen LogP contribution in [0.1, 0.15) is 50.3 Å². The fourth-order valence-electron chi connectivity index (χ4n) is 3.94. The molecule has 32 heavy (non-hydrogen) atoms. The molecule has 0 bridgehead atoms. The van der Waals surface area contributed by atoms with Crippen molar-refractivity contribution in [3.8, 4) is 0 Å². The average Bonchev–Trinajstić information content (AvgIpc) is 2.78. The molecule has 5 heteroatoms. The van der Waals surface area contributed by atoms with E-state index >= 15 is 0 Å². The van der Waals surface area contributed by atoms with Crippen molar-refractivity contribution in [3.05, 3.63) is 93.8 Å². The lowest BCUT2D eigenvalue weighted by Crippen LogP contribution is -2.32. The highest BCUT2D eigenvalue weighted by atomic mass is 16.5. The number of dihydropyridines is 1. The molecule has 2 aromatic rings. The number of allylic oxidation sites excluding steroid dienone is 2. The highest BCUT2D eigenvalue weighted by Gasteiger charge is 2.38. The molecule has 1 aliphatic rings. The molecule has 1 N–H and O–H groups in total. The largest absolute Gasteiger partial charge is 0.463 e. The highest BCUT2D eigenvalue weighted by molar-refractivity contribution is 6.00. The van der Waals surface area contributed by atoms with Gasteiger partial charge in [0.1, 0.15) is 0 Å². The van der Waals surface area contributed by atoms with Crippen LogP contribution >= 0.6 is 0 Å². The second-order valence-corrected chi connectivity index (χ2v) is 7.45. The third-order valence-electron chi connectivity index (χ3n) is 5.31. The fourth-order valence-corrected chi connectivity index (χ4v) is 3.94. The van der Waals surface area contributed by atoms with E-state index in [1.165, 1.54) is 0 Å². The van der Waals surface area contributed by atoms with Gasteiger partial charge in [0, 0.05) is 11.4 Å². The van der Waals surface area contributed by atoms with Crippen LogP contribution in [0.2, 0.25) is 0 Å². The van der Waals surface area contributed by atoms with Crippen molar-refractivity contribution in [3.63, 3.8) is 0 Å². The Labute approximate surface area is 189 Å². The summed E-state index contributed by atoms with van der Waals surface area (Å²) < 4.78 is 10.7. The molecular weight excluding hydrogens is 402 g/mol. The van der Waals surface area contributed by atoms with Crippen LogP contribution < -0.4 is 5.32 Å². The van der Waals surface area contributed by atoms with Crippen LogP contribution in [-0.4, -0.2) is 25.2 Å². The zero-order valence-electron chi connectivity index (χ0n) is 19.0. The second-order valence-electron chi connectivity index (χ2n) is 7.45. The molecule has 1 heterocycles. The lowest BCUT2D eigenvalue weighted by atomic mass is 9.78. The first kappa shape index (κ1) is 23.1. The van der Waals surface area contributed by atoms with Gasteiger partial charge < -0.3 is 14.8 Å². The first-order chi connectivity index (χ1) is 15.5. The summed E-state index contributed by atoms with van der Waals surface area (Å²) >= 11 is 0. The molecular formula is C27H29NO4. The zero-order valence-corrected chi connectivity index (χ0v) is 19.0. The summed E-state index contributed by atoms with van der Waals surface area (Å²) in [4.78, 5) is 26.0. The Hall–Kier alpha value is -3.60. The van der Waals surface area contributed by atoms with Crippen LogP contribution in [0.25, 0.3) is 12.2 Å². The van der Waals surface area contributed by atoms with Crippen molar-refractivity contribution in [2.75, 3.05) is 13.2 Å². The van der Waals surface area contributed by atoms with Gasteiger partial charge in [0.2, 0.25) is 0 Å². The topological polar surface area (TPSA) is 64.6 Å². The van der Waals surface area contributed by atoms with E-state index in [2.05, 4.69) is 5.32 Å². The number of esters is 2. The lowest BCUT2D eigenvalue weighted by Gasteiger charge is -2.31. The number of carbonyl (C=O) groups excluding carboxylic acids is 2. The maximum atomic E-state index is 13.0. The van der Waals surface area contributed by atoms with Gasteiger partial charge in [-0.25, -0.2) is 9.59 Å². The van der Waals surface area contributed by atoms with Crippen LogP contribution in [0.3, 0.4) is 0 Å². The van der Waals surface area contributed by atoms with Crippen molar-refractivity contribution in [1.29, 1.82) is 0 Å². The van der Waals surface area contributed by atoms with Gasteiger partial charge in [0.15, 0.2) is 0 Å². The number of benzene rings is 2. The predicted octanol–water partition coefficient (Wildman–Crippen LogP) is 5.22. The van der Waals surface area contributed by atoms with Gasteiger partial charge in [0.05, 0.1) is 30.3 Å². The minimum Gasteiger partial charge on any atom is -0.463 e. The van der Waals surface area contributed by atoms with Crippen molar-refractivity contribution in [2.24, 2.45) is 0 Å². The number of hydrogen-bond donors (Lipinski definition) is 1. The van der Waals surface area contributed by atoms with Gasteiger partial charge >= 0.3 is 11.9 Å². The van der Waals surface area contributed by atoms with E-state index in [1.807, 2.05) is 80.6 Å². The number of ether oxygens (including phenoxy) is 2. The Balaban J connectivity index is 2.17. The quantitative estimate of drug-likeness (QED) is 0.481. The molecule has 0 saturated carbocycles. The van der Waals surface area contributed by atoms with Crippen LogP contribution in [0.15, 0.2) is 77.1 Å². The van der Waals surface area contributed by atoms with Crippen LogP contribution in [-0.2, 0) is 19.1 Å². The maximum absolute atomic E-state index is 13.0. The Morgan fingerprint density at radius 2 is 1.34 bits per heavy atom. The van der Waals surface area contributed by atoms with Gasteiger partial charge in [-0.2, -0.15) is 0 Å². The van der Waals surface area contributed by atoms with Crippen molar-refractivity contribution >= 4 is 24.1 Å². The molecule has 0 fully saturated rings. The molecule has 0 unspecified atom stereocenters. The molecule has 0 amide bonds. The number of nitrogens with one attached hydrogen (secondary N) is 1. The molecule has 1 aliphatic heterocycles. The zero-order chi connectivity index (χ0) is 23.1. The van der Waals surface area contributed by atoms with E-state index in [9.17, 15) is 9.59 Å². The van der Waals surface area contributed by atoms with Gasteiger partial charge in [0.25, 0.3) is 0 Å². The molecule has 5 nitrogen and oxygen atoms in total. The van der Waals surface area contributed by atoms with E-state index in [1.54, 1.807) is 13.8 Å². The minimum atomic E-state index is -0.606. The maximum Gasteiger partial charge on any atom is 0.336 e. The predicted molar refractivity (Wildman–Crippen MR) is 126 cm³/mol. The fraction of sp³-hybridized carbons (Fsp3) is 0.259. The summed E-state index contributed by atoms with van der Waals surface area (Å²) in [6.45, 7) is 7.68. The van der Waals surface area contributed by atoms with E-state index in [0.29, 0.717) is 22.5 Å². The summed E-state index contributed by atoms with van der Waals surface area (Å²) in [7, 11) is 0. The van der Waals surface area contributed by atoms with E-state index in [-0.39, 0.29) is 13.2 Å². The molecule has 0 aliphatic carbocycles. The summed E-state index contributed by atoms with van der Waals surface area (Å²) in [5.74, 6) is -1.50. The molecule has 0 atom stereocenters. The van der Waals surface area contributed by atoms with Crippen molar-refractivity contribution in [1.82, 2.24) is 5.32 Å². The molecule has 0 spiro atoms. The van der Waals surface area contributed by atoms with Crippen molar-refractivity contribution < 1.29 is 19.1 Å². The van der Waals surface area contributed by atoms with E-state index in [0.717, 1.165) is 16.7 Å². The van der Waals surface area contributed by atoms with Crippen molar-refractivity contribution in [2.45, 2.75) is 33.6 Å². The van der Waals surface area contributed by atoms with Crippen LogP contribution in [0.5, 0.6) is 0 Å². The number of hydrogen-bond acceptors (Lipinski definition) is 5. The second kappa shape index (κ2) is 10.6. The summed E-state index contributed by atoms with van der Waals surface area (Å²) in [5, 5.41) is 3.17. The average molecular weight is 432 g/mol.